The van der Waals surface area contributed by atoms with E-state index < -0.39 is 0 Å². The van der Waals surface area contributed by atoms with E-state index in [0.717, 1.165) is 37.8 Å². The predicted molar refractivity (Wildman–Crippen MR) is 131 cm³/mol. The number of nitrogens with zero attached hydrogens (tertiary/aromatic N) is 4. The Morgan fingerprint density at radius 2 is 2.00 bits per heavy atom. The molecule has 2 aliphatic rings. The Morgan fingerprint density at radius 1 is 1.18 bits per heavy atom. The van der Waals surface area contributed by atoms with Crippen LogP contribution in [-0.4, -0.2) is 51.2 Å². The van der Waals surface area contributed by atoms with Gasteiger partial charge in [-0.1, -0.05) is 37.1 Å². The number of amides is 2. The lowest BCUT2D eigenvalue weighted by atomic mass is 9.84. The number of carbonyl (C=O) groups excluding carboxylic acids is 2. The molecular weight excluding hydrogens is 430 g/mol. The van der Waals surface area contributed by atoms with Gasteiger partial charge in [0.2, 0.25) is 0 Å². The number of urea groups is 1. The lowest BCUT2D eigenvalue weighted by molar-refractivity contribution is -0.110. The quantitative estimate of drug-likeness (QED) is 0.492. The summed E-state index contributed by atoms with van der Waals surface area (Å²) in [6.07, 6.45) is 14.1. The summed E-state index contributed by atoms with van der Waals surface area (Å²) >= 11 is 0. The summed E-state index contributed by atoms with van der Waals surface area (Å²) in [6.45, 7) is 1.59. The topological polar surface area (TPSA) is 114 Å². The summed E-state index contributed by atoms with van der Waals surface area (Å²) in [4.78, 5) is 23.8. The SMILES string of the molecule is Cn1nnnc1-c1cccc(NC(=O)NC[C@@H]2CCCC[C@H]2NCCCC2C=CC(=O)C=C2)c1. The number of aromatic nitrogens is 4. The molecule has 1 aromatic heterocycles. The molecule has 180 valence electrons. The molecule has 34 heavy (non-hydrogen) atoms. The van der Waals surface area contributed by atoms with Gasteiger partial charge in [0.1, 0.15) is 0 Å². The maximum atomic E-state index is 12.6. The highest BCUT2D eigenvalue weighted by atomic mass is 16.2. The van der Waals surface area contributed by atoms with Gasteiger partial charge in [-0.05, 0) is 78.8 Å². The molecule has 1 saturated carbocycles. The van der Waals surface area contributed by atoms with Crippen molar-refractivity contribution < 1.29 is 9.59 Å². The number of rotatable bonds is 9. The minimum atomic E-state index is -0.206. The number of ketones is 1. The number of anilines is 1. The monoisotopic (exact) mass is 463 g/mol. The van der Waals surface area contributed by atoms with Crippen LogP contribution in [0.25, 0.3) is 11.4 Å². The minimum Gasteiger partial charge on any atom is -0.338 e. The average Bonchev–Trinajstić information content (AvgIpc) is 3.28. The highest BCUT2D eigenvalue weighted by Crippen LogP contribution is 2.24. The second-order valence-electron chi connectivity index (χ2n) is 9.07. The molecule has 9 heteroatoms. The molecule has 2 aliphatic carbocycles. The zero-order chi connectivity index (χ0) is 23.8. The van der Waals surface area contributed by atoms with Gasteiger partial charge in [0.25, 0.3) is 0 Å². The third-order valence-electron chi connectivity index (χ3n) is 6.57. The van der Waals surface area contributed by atoms with Gasteiger partial charge in [-0.25, -0.2) is 9.48 Å². The van der Waals surface area contributed by atoms with Crippen LogP contribution in [0.15, 0.2) is 48.6 Å². The number of hydrogen-bond acceptors (Lipinski definition) is 6. The Labute approximate surface area is 200 Å². The first kappa shape index (κ1) is 23.8. The van der Waals surface area contributed by atoms with E-state index in [1.54, 1.807) is 23.9 Å². The first-order chi connectivity index (χ1) is 16.6. The fraction of sp³-hybridized carbons (Fsp3) is 0.480. The molecular formula is C25H33N7O2. The molecule has 0 saturated heterocycles. The molecule has 9 nitrogen and oxygen atoms in total. The third kappa shape index (κ3) is 6.60. The van der Waals surface area contributed by atoms with Crippen molar-refractivity contribution in [2.24, 2.45) is 18.9 Å². The molecule has 0 radical (unpaired) electrons. The van der Waals surface area contributed by atoms with Crippen LogP contribution in [0.3, 0.4) is 0 Å². The maximum absolute atomic E-state index is 12.6. The molecule has 0 bridgehead atoms. The van der Waals surface area contributed by atoms with Crippen LogP contribution in [0.1, 0.15) is 38.5 Å². The van der Waals surface area contributed by atoms with E-state index in [-0.39, 0.29) is 11.8 Å². The number of allylic oxidation sites excluding steroid dienone is 4. The number of hydrogen-bond donors (Lipinski definition) is 3. The number of nitrogens with one attached hydrogen (secondary N) is 3. The lowest BCUT2D eigenvalue weighted by Crippen LogP contribution is -2.45. The molecule has 2 amide bonds. The normalized spacial score (nSPS) is 20.4. The second-order valence-corrected chi connectivity index (χ2v) is 9.07. The molecule has 0 aliphatic heterocycles. The fourth-order valence-corrected chi connectivity index (χ4v) is 4.70. The van der Waals surface area contributed by atoms with Crippen molar-refractivity contribution in [1.29, 1.82) is 0 Å². The minimum absolute atomic E-state index is 0.0754. The van der Waals surface area contributed by atoms with Gasteiger partial charge < -0.3 is 16.0 Å². The molecule has 3 N–H and O–H groups in total. The summed E-state index contributed by atoms with van der Waals surface area (Å²) < 4.78 is 1.60. The van der Waals surface area contributed by atoms with Crippen LogP contribution in [0.2, 0.25) is 0 Å². The van der Waals surface area contributed by atoms with Crippen molar-refractivity contribution in [2.45, 2.75) is 44.6 Å². The molecule has 1 fully saturated rings. The molecule has 4 rings (SSSR count). The summed E-state index contributed by atoms with van der Waals surface area (Å²) in [5, 5.41) is 21.2. The summed E-state index contributed by atoms with van der Waals surface area (Å²) in [5.74, 6) is 1.49. The second kappa shape index (κ2) is 11.7. The van der Waals surface area contributed by atoms with Crippen LogP contribution in [-0.2, 0) is 11.8 Å². The van der Waals surface area contributed by atoms with Crippen molar-refractivity contribution in [2.75, 3.05) is 18.4 Å². The van der Waals surface area contributed by atoms with Crippen LogP contribution >= 0.6 is 0 Å². The van der Waals surface area contributed by atoms with Gasteiger partial charge in [0.15, 0.2) is 11.6 Å². The Hall–Kier alpha value is -3.33. The van der Waals surface area contributed by atoms with Crippen LogP contribution in [0.5, 0.6) is 0 Å². The molecule has 2 aromatic rings. The standard InChI is InChI=1S/C25H33N7O2/c1-32-24(29-30-31-32)19-8-4-9-21(16-19)28-25(34)27-17-20-7-2-3-10-23(20)26-15-5-6-18-11-13-22(33)14-12-18/h4,8-9,11-14,16,18,20,23,26H,2-3,5-7,10,15,17H2,1H3,(H2,27,28,34)/t20-,23+/m0/s1. The maximum Gasteiger partial charge on any atom is 0.319 e. The predicted octanol–water partition coefficient (Wildman–Crippen LogP) is 3.24. The molecule has 0 unspecified atom stereocenters. The molecule has 2 atom stereocenters. The molecule has 0 spiro atoms. The highest BCUT2D eigenvalue weighted by molar-refractivity contribution is 6.00. The number of carbonyl (C=O) groups is 2. The number of tetrazole rings is 1. The van der Waals surface area contributed by atoms with Gasteiger partial charge in [-0.2, -0.15) is 0 Å². The third-order valence-corrected chi connectivity index (χ3v) is 6.57. The summed E-state index contributed by atoms with van der Waals surface area (Å²) in [6, 6.07) is 7.71. The van der Waals surface area contributed by atoms with Crippen LogP contribution in [0.4, 0.5) is 10.5 Å². The lowest BCUT2D eigenvalue weighted by Gasteiger charge is -2.32. The molecule has 1 heterocycles. The zero-order valence-electron chi connectivity index (χ0n) is 19.6. The van der Waals surface area contributed by atoms with Crippen molar-refractivity contribution >= 4 is 17.5 Å². The summed E-state index contributed by atoms with van der Waals surface area (Å²) in [7, 11) is 1.78. The summed E-state index contributed by atoms with van der Waals surface area (Å²) in [5.41, 5.74) is 1.54. The first-order valence-corrected chi connectivity index (χ1v) is 12.1. The van der Waals surface area contributed by atoms with Crippen molar-refractivity contribution in [1.82, 2.24) is 30.8 Å². The first-order valence-electron chi connectivity index (χ1n) is 12.1. The van der Waals surface area contributed by atoms with E-state index in [1.165, 1.54) is 12.8 Å². The largest absolute Gasteiger partial charge is 0.338 e. The Morgan fingerprint density at radius 3 is 2.79 bits per heavy atom. The van der Waals surface area contributed by atoms with Gasteiger partial charge in [-0.15, -0.1) is 5.10 Å². The highest BCUT2D eigenvalue weighted by Gasteiger charge is 2.25. The van der Waals surface area contributed by atoms with E-state index in [4.69, 9.17) is 0 Å². The van der Waals surface area contributed by atoms with Crippen molar-refractivity contribution in [3.63, 3.8) is 0 Å². The van der Waals surface area contributed by atoms with Gasteiger partial charge >= 0.3 is 6.03 Å². The van der Waals surface area contributed by atoms with Gasteiger partial charge in [-0.3, -0.25) is 4.79 Å². The average molecular weight is 464 g/mol. The van der Waals surface area contributed by atoms with E-state index in [9.17, 15) is 9.59 Å². The Bertz CT molecular complexity index is 1030. The number of benzene rings is 1. The Kier molecular flexibility index (Phi) is 8.19. The van der Waals surface area contributed by atoms with Gasteiger partial charge in [0, 0.05) is 30.9 Å². The number of aryl methyl sites for hydroxylation is 1. The van der Waals surface area contributed by atoms with Crippen molar-refractivity contribution in [3.05, 3.63) is 48.6 Å². The Balaban J connectivity index is 1.21. The van der Waals surface area contributed by atoms with E-state index in [1.807, 2.05) is 36.4 Å². The van der Waals surface area contributed by atoms with Crippen molar-refractivity contribution in [3.8, 4) is 11.4 Å². The van der Waals surface area contributed by atoms with E-state index in [0.29, 0.717) is 35.9 Å². The van der Waals surface area contributed by atoms with Gasteiger partial charge in [0.05, 0.1) is 0 Å². The fourth-order valence-electron chi connectivity index (χ4n) is 4.70. The van der Waals surface area contributed by atoms with Crippen LogP contribution < -0.4 is 16.0 Å². The van der Waals surface area contributed by atoms with E-state index in [2.05, 4.69) is 31.5 Å². The smallest absolute Gasteiger partial charge is 0.319 e. The molecule has 1 aromatic carbocycles. The zero-order valence-corrected chi connectivity index (χ0v) is 19.6. The van der Waals surface area contributed by atoms with E-state index >= 15 is 0 Å². The van der Waals surface area contributed by atoms with Crippen LogP contribution in [0, 0.1) is 11.8 Å².